The minimum Gasteiger partial charge on any atom is -0.379 e. The van der Waals surface area contributed by atoms with Gasteiger partial charge in [0.05, 0.1) is 19.3 Å². The molecule has 2 aromatic rings. The first-order valence-corrected chi connectivity index (χ1v) is 9.80. The summed E-state index contributed by atoms with van der Waals surface area (Å²) in [5.41, 5.74) is 2.05. The molecule has 1 unspecified atom stereocenters. The Balaban J connectivity index is 1.67. The third kappa shape index (κ3) is 5.98. The predicted molar refractivity (Wildman–Crippen MR) is 111 cm³/mol. The van der Waals surface area contributed by atoms with Crippen LogP contribution in [0.4, 0.5) is 8.78 Å². The van der Waals surface area contributed by atoms with Crippen molar-refractivity contribution in [2.75, 3.05) is 46.9 Å². The van der Waals surface area contributed by atoms with Gasteiger partial charge in [-0.25, -0.2) is 8.78 Å². The lowest BCUT2D eigenvalue weighted by molar-refractivity contribution is 0.0169. The highest BCUT2D eigenvalue weighted by Gasteiger charge is 2.23. The standard InChI is InChI=1S/C22H28F2N4O/c1-25-22(27(2)16-17-3-7-19(23)8-4-17)26-15-21(28-11-13-29-14-12-28)18-5-9-20(24)10-6-18/h3-10,21H,11-16H2,1-2H3,(H,25,26). The first-order chi connectivity index (χ1) is 14.1. The molecular formula is C22H28F2N4O. The van der Waals surface area contributed by atoms with Gasteiger partial charge in [0.2, 0.25) is 0 Å². The summed E-state index contributed by atoms with van der Waals surface area (Å²) in [6.45, 7) is 4.28. The van der Waals surface area contributed by atoms with E-state index in [1.54, 1.807) is 19.2 Å². The lowest BCUT2D eigenvalue weighted by Gasteiger charge is -2.35. The molecule has 0 amide bonds. The molecule has 0 spiro atoms. The Kier molecular flexibility index (Phi) is 7.55. The first kappa shape index (κ1) is 21.2. The number of rotatable bonds is 6. The van der Waals surface area contributed by atoms with Gasteiger partial charge in [-0.1, -0.05) is 24.3 Å². The van der Waals surface area contributed by atoms with E-state index in [4.69, 9.17) is 4.74 Å². The molecule has 156 valence electrons. The van der Waals surface area contributed by atoms with Crippen LogP contribution in [-0.4, -0.2) is 62.7 Å². The van der Waals surface area contributed by atoms with Crippen LogP contribution in [0.5, 0.6) is 0 Å². The molecule has 2 aromatic carbocycles. The quantitative estimate of drug-likeness (QED) is 0.596. The van der Waals surface area contributed by atoms with E-state index in [0.717, 1.165) is 30.2 Å². The SMILES string of the molecule is CN=C(NCC(c1ccc(F)cc1)N1CCOCC1)N(C)Cc1ccc(F)cc1. The average molecular weight is 402 g/mol. The first-order valence-electron chi connectivity index (χ1n) is 9.80. The molecule has 1 saturated heterocycles. The van der Waals surface area contributed by atoms with Crippen molar-refractivity contribution in [3.63, 3.8) is 0 Å². The zero-order chi connectivity index (χ0) is 20.6. The number of hydrogen-bond donors (Lipinski definition) is 1. The summed E-state index contributed by atoms with van der Waals surface area (Å²) in [5.74, 6) is 0.263. The molecule has 0 saturated carbocycles. The normalized spacial score (nSPS) is 16.5. The van der Waals surface area contributed by atoms with Crippen molar-refractivity contribution in [3.05, 3.63) is 71.3 Å². The molecule has 7 heteroatoms. The van der Waals surface area contributed by atoms with Gasteiger partial charge in [-0.2, -0.15) is 0 Å². The highest BCUT2D eigenvalue weighted by Crippen LogP contribution is 2.22. The maximum Gasteiger partial charge on any atom is 0.193 e. The van der Waals surface area contributed by atoms with Crippen LogP contribution in [-0.2, 0) is 11.3 Å². The minimum absolute atomic E-state index is 0.0791. The topological polar surface area (TPSA) is 40.1 Å². The van der Waals surface area contributed by atoms with Gasteiger partial charge < -0.3 is 15.0 Å². The van der Waals surface area contributed by atoms with Crippen LogP contribution in [0, 0.1) is 11.6 Å². The number of nitrogens with one attached hydrogen (secondary N) is 1. The van der Waals surface area contributed by atoms with Crippen LogP contribution in [0.25, 0.3) is 0 Å². The van der Waals surface area contributed by atoms with Crippen LogP contribution in [0.2, 0.25) is 0 Å². The molecule has 29 heavy (non-hydrogen) atoms. The van der Waals surface area contributed by atoms with Crippen LogP contribution in [0.3, 0.4) is 0 Å². The fraction of sp³-hybridized carbons (Fsp3) is 0.409. The van der Waals surface area contributed by atoms with Gasteiger partial charge in [0.25, 0.3) is 0 Å². The number of nitrogens with zero attached hydrogens (tertiary/aromatic N) is 3. The van der Waals surface area contributed by atoms with E-state index in [1.165, 1.54) is 24.3 Å². The van der Waals surface area contributed by atoms with Crippen molar-refractivity contribution in [1.29, 1.82) is 0 Å². The summed E-state index contributed by atoms with van der Waals surface area (Å²) >= 11 is 0. The number of ether oxygens (including phenoxy) is 1. The van der Waals surface area contributed by atoms with E-state index in [-0.39, 0.29) is 17.7 Å². The summed E-state index contributed by atoms with van der Waals surface area (Å²) in [5, 5.41) is 3.44. The Morgan fingerprint density at radius 2 is 1.66 bits per heavy atom. The van der Waals surface area contributed by atoms with Crippen molar-refractivity contribution in [2.24, 2.45) is 4.99 Å². The molecular weight excluding hydrogens is 374 g/mol. The van der Waals surface area contributed by atoms with Crippen LogP contribution in [0.15, 0.2) is 53.5 Å². The smallest absolute Gasteiger partial charge is 0.193 e. The van der Waals surface area contributed by atoms with E-state index in [0.29, 0.717) is 26.3 Å². The number of guanidine groups is 1. The summed E-state index contributed by atoms with van der Waals surface area (Å²) in [7, 11) is 3.69. The van der Waals surface area contributed by atoms with E-state index < -0.39 is 0 Å². The molecule has 0 bridgehead atoms. The summed E-state index contributed by atoms with van der Waals surface area (Å²) in [6.07, 6.45) is 0. The predicted octanol–water partition coefficient (Wildman–Crippen LogP) is 3.05. The Bertz CT molecular complexity index is 789. The summed E-state index contributed by atoms with van der Waals surface area (Å²) in [6, 6.07) is 13.2. The number of hydrogen-bond acceptors (Lipinski definition) is 3. The van der Waals surface area contributed by atoms with Gasteiger partial charge in [-0.3, -0.25) is 9.89 Å². The monoisotopic (exact) mass is 402 g/mol. The van der Waals surface area contributed by atoms with E-state index in [1.807, 2.05) is 24.1 Å². The fourth-order valence-electron chi connectivity index (χ4n) is 3.54. The second kappa shape index (κ2) is 10.3. The number of morpholine rings is 1. The van der Waals surface area contributed by atoms with Crippen LogP contribution in [0.1, 0.15) is 17.2 Å². The van der Waals surface area contributed by atoms with E-state index in [9.17, 15) is 8.78 Å². The summed E-state index contributed by atoms with van der Waals surface area (Å²) < 4.78 is 32.0. The maximum absolute atomic E-state index is 13.4. The van der Waals surface area contributed by atoms with Gasteiger partial charge in [0.1, 0.15) is 11.6 Å². The Morgan fingerprint density at radius 3 is 2.24 bits per heavy atom. The van der Waals surface area contributed by atoms with Crippen molar-refractivity contribution in [2.45, 2.75) is 12.6 Å². The third-order valence-corrected chi connectivity index (χ3v) is 5.10. The Labute approximate surface area is 171 Å². The van der Waals surface area contributed by atoms with Gasteiger partial charge in [-0.15, -0.1) is 0 Å². The van der Waals surface area contributed by atoms with Crippen molar-refractivity contribution >= 4 is 5.96 Å². The third-order valence-electron chi connectivity index (χ3n) is 5.10. The van der Waals surface area contributed by atoms with Crippen molar-refractivity contribution in [3.8, 4) is 0 Å². The highest BCUT2D eigenvalue weighted by atomic mass is 19.1. The Hall–Kier alpha value is -2.51. The molecule has 1 aliphatic heterocycles. The van der Waals surface area contributed by atoms with Crippen molar-refractivity contribution < 1.29 is 13.5 Å². The fourth-order valence-corrected chi connectivity index (χ4v) is 3.54. The molecule has 0 aliphatic carbocycles. The van der Waals surface area contributed by atoms with Crippen LogP contribution >= 0.6 is 0 Å². The number of aliphatic imine (C=N–C) groups is 1. The van der Waals surface area contributed by atoms with Gasteiger partial charge >= 0.3 is 0 Å². The number of halogens is 2. The average Bonchev–Trinajstić information content (AvgIpc) is 2.74. The molecule has 1 fully saturated rings. The van der Waals surface area contributed by atoms with Gasteiger partial charge in [0.15, 0.2) is 5.96 Å². The zero-order valence-corrected chi connectivity index (χ0v) is 16.9. The van der Waals surface area contributed by atoms with Crippen molar-refractivity contribution in [1.82, 2.24) is 15.1 Å². The molecule has 0 radical (unpaired) electrons. The van der Waals surface area contributed by atoms with E-state index in [2.05, 4.69) is 15.2 Å². The largest absolute Gasteiger partial charge is 0.379 e. The van der Waals surface area contributed by atoms with Gasteiger partial charge in [-0.05, 0) is 35.4 Å². The number of benzene rings is 2. The highest BCUT2D eigenvalue weighted by molar-refractivity contribution is 5.79. The van der Waals surface area contributed by atoms with E-state index >= 15 is 0 Å². The zero-order valence-electron chi connectivity index (χ0n) is 16.9. The summed E-state index contributed by atoms with van der Waals surface area (Å²) in [4.78, 5) is 8.72. The molecule has 1 heterocycles. The second-order valence-electron chi connectivity index (χ2n) is 7.13. The van der Waals surface area contributed by atoms with Gasteiger partial charge in [0, 0.05) is 40.3 Å². The minimum atomic E-state index is -0.244. The molecule has 1 aliphatic rings. The molecule has 5 nitrogen and oxygen atoms in total. The van der Waals surface area contributed by atoms with Crippen LogP contribution < -0.4 is 5.32 Å². The molecule has 1 N–H and O–H groups in total. The lowest BCUT2D eigenvalue weighted by atomic mass is 10.0. The Morgan fingerprint density at radius 1 is 1.07 bits per heavy atom. The second-order valence-corrected chi connectivity index (χ2v) is 7.13. The lowest BCUT2D eigenvalue weighted by Crippen LogP contribution is -2.46. The maximum atomic E-state index is 13.4. The molecule has 0 aromatic heterocycles. The molecule has 3 rings (SSSR count). The molecule has 1 atom stereocenters.